The Kier molecular flexibility index (Phi) is 7.76. The lowest BCUT2D eigenvalue weighted by molar-refractivity contribution is 0.295. The zero-order valence-electron chi connectivity index (χ0n) is 18.5. The van der Waals surface area contributed by atoms with Crippen molar-refractivity contribution in [3.63, 3.8) is 0 Å². The molecule has 2 N–H and O–H groups in total. The number of nitrogen functional groups attached to an aromatic ring is 1. The molecule has 0 amide bonds. The highest BCUT2D eigenvalue weighted by Gasteiger charge is 2.21. The summed E-state index contributed by atoms with van der Waals surface area (Å²) in [5.41, 5.74) is 8.25. The molecule has 1 aliphatic carbocycles. The van der Waals surface area contributed by atoms with Crippen LogP contribution < -0.4 is 10.5 Å². The second kappa shape index (κ2) is 11.1. The fraction of sp³-hybridized carbons (Fsp3) is 0.481. The lowest BCUT2D eigenvalue weighted by atomic mass is 9.77. The SMILES string of the molecule is Nc1ncnc2cc(OCCCCCCCC3CCC(c4ccccc4)CC3)ccc12. The predicted octanol–water partition coefficient (Wildman–Crippen LogP) is 6.91. The third-order valence-corrected chi connectivity index (χ3v) is 6.78. The first-order valence-electron chi connectivity index (χ1n) is 12.0. The first kappa shape index (κ1) is 21.6. The Bertz CT molecular complexity index is 936. The number of unbranched alkanes of at least 4 members (excludes halogenated alkanes) is 4. The number of ether oxygens (including phenoxy) is 1. The van der Waals surface area contributed by atoms with Gasteiger partial charge in [-0.1, -0.05) is 62.4 Å². The molecule has 0 unspecified atom stereocenters. The van der Waals surface area contributed by atoms with Gasteiger partial charge in [0.15, 0.2) is 0 Å². The topological polar surface area (TPSA) is 61.0 Å². The summed E-state index contributed by atoms with van der Waals surface area (Å²) >= 11 is 0. The standard InChI is InChI=1S/C27H35N3O/c28-27-25-17-16-24(19-26(25)29-20-30-27)31-18-8-3-1-2-5-9-21-12-14-23(15-13-21)22-10-6-4-7-11-22/h4,6-7,10-11,16-17,19-21,23H,1-3,5,8-9,12-15,18H2,(H2,28,29,30). The molecule has 0 spiro atoms. The fourth-order valence-electron chi connectivity index (χ4n) is 4.91. The van der Waals surface area contributed by atoms with Crippen molar-refractivity contribution in [3.05, 3.63) is 60.4 Å². The highest BCUT2D eigenvalue weighted by atomic mass is 16.5. The number of benzene rings is 2. The molecule has 4 nitrogen and oxygen atoms in total. The van der Waals surface area contributed by atoms with Crippen LogP contribution in [0.25, 0.3) is 10.9 Å². The summed E-state index contributed by atoms with van der Waals surface area (Å²) in [7, 11) is 0. The van der Waals surface area contributed by atoms with E-state index in [9.17, 15) is 0 Å². The number of anilines is 1. The largest absolute Gasteiger partial charge is 0.494 e. The summed E-state index contributed by atoms with van der Waals surface area (Å²) in [4.78, 5) is 8.29. The van der Waals surface area contributed by atoms with Crippen molar-refractivity contribution in [2.75, 3.05) is 12.3 Å². The second-order valence-electron chi connectivity index (χ2n) is 8.97. The molecule has 4 heteroatoms. The van der Waals surface area contributed by atoms with Crippen molar-refractivity contribution in [2.24, 2.45) is 5.92 Å². The number of hydrogen-bond acceptors (Lipinski definition) is 4. The Balaban J connectivity index is 1.05. The molecule has 0 radical (unpaired) electrons. The molecule has 0 saturated heterocycles. The van der Waals surface area contributed by atoms with Crippen molar-refractivity contribution in [1.82, 2.24) is 9.97 Å². The normalized spacial score (nSPS) is 18.8. The molecule has 1 saturated carbocycles. The average Bonchev–Trinajstić information content (AvgIpc) is 2.82. The summed E-state index contributed by atoms with van der Waals surface area (Å²) in [6.45, 7) is 0.759. The van der Waals surface area contributed by atoms with Gasteiger partial charge in [-0.2, -0.15) is 0 Å². The van der Waals surface area contributed by atoms with E-state index < -0.39 is 0 Å². The maximum absolute atomic E-state index is 5.90. The molecular weight excluding hydrogens is 382 g/mol. The maximum Gasteiger partial charge on any atom is 0.134 e. The van der Waals surface area contributed by atoms with Gasteiger partial charge in [-0.05, 0) is 61.6 Å². The fourth-order valence-corrected chi connectivity index (χ4v) is 4.91. The van der Waals surface area contributed by atoms with Gasteiger partial charge in [-0.25, -0.2) is 9.97 Å². The number of aromatic nitrogens is 2. The van der Waals surface area contributed by atoms with Gasteiger partial charge in [0, 0.05) is 11.5 Å². The van der Waals surface area contributed by atoms with Crippen molar-refractivity contribution in [1.29, 1.82) is 0 Å². The van der Waals surface area contributed by atoms with Crippen molar-refractivity contribution >= 4 is 16.7 Å². The highest BCUT2D eigenvalue weighted by Crippen LogP contribution is 2.37. The first-order chi connectivity index (χ1) is 15.3. The van der Waals surface area contributed by atoms with Gasteiger partial charge >= 0.3 is 0 Å². The van der Waals surface area contributed by atoms with E-state index in [0.29, 0.717) is 5.82 Å². The highest BCUT2D eigenvalue weighted by molar-refractivity contribution is 5.88. The molecule has 3 aromatic rings. The molecule has 1 aliphatic rings. The minimum absolute atomic E-state index is 0.515. The number of nitrogens with zero attached hydrogens (tertiary/aromatic N) is 2. The lowest BCUT2D eigenvalue weighted by Gasteiger charge is -2.28. The zero-order chi connectivity index (χ0) is 21.3. The van der Waals surface area contributed by atoms with E-state index in [4.69, 9.17) is 10.5 Å². The Hall–Kier alpha value is -2.62. The van der Waals surface area contributed by atoms with E-state index in [1.54, 1.807) is 5.56 Å². The molecule has 0 atom stereocenters. The Morgan fingerprint density at radius 1 is 0.839 bits per heavy atom. The van der Waals surface area contributed by atoms with Gasteiger partial charge in [0.05, 0.1) is 12.1 Å². The summed E-state index contributed by atoms with van der Waals surface area (Å²) in [5.74, 6) is 3.12. The average molecular weight is 418 g/mol. The molecule has 31 heavy (non-hydrogen) atoms. The lowest BCUT2D eigenvalue weighted by Crippen LogP contribution is -2.13. The van der Waals surface area contributed by atoms with E-state index in [1.165, 1.54) is 64.1 Å². The summed E-state index contributed by atoms with van der Waals surface area (Å²) in [5, 5.41) is 0.878. The van der Waals surface area contributed by atoms with Crippen LogP contribution in [0.1, 0.15) is 75.7 Å². The van der Waals surface area contributed by atoms with Crippen molar-refractivity contribution < 1.29 is 4.74 Å². The maximum atomic E-state index is 5.90. The van der Waals surface area contributed by atoms with Crippen molar-refractivity contribution in [3.8, 4) is 5.75 Å². The van der Waals surface area contributed by atoms with Crippen molar-refractivity contribution in [2.45, 2.75) is 70.1 Å². The molecule has 1 heterocycles. The van der Waals surface area contributed by atoms with Gasteiger partial charge < -0.3 is 10.5 Å². The van der Waals surface area contributed by atoms with Crippen LogP contribution in [0.4, 0.5) is 5.82 Å². The third kappa shape index (κ3) is 6.19. The first-order valence-corrected chi connectivity index (χ1v) is 12.0. The number of rotatable bonds is 10. The number of hydrogen-bond donors (Lipinski definition) is 1. The number of fused-ring (bicyclic) bond motifs is 1. The summed E-state index contributed by atoms with van der Waals surface area (Å²) < 4.78 is 5.90. The van der Waals surface area contributed by atoms with Crippen LogP contribution in [0, 0.1) is 5.92 Å². The zero-order valence-corrected chi connectivity index (χ0v) is 18.5. The van der Waals surface area contributed by atoms with Crippen LogP contribution in [0.3, 0.4) is 0 Å². The quantitative estimate of drug-likeness (QED) is 0.364. The third-order valence-electron chi connectivity index (χ3n) is 6.78. The van der Waals surface area contributed by atoms with Gasteiger partial charge in [-0.15, -0.1) is 0 Å². The summed E-state index contributed by atoms with van der Waals surface area (Å²) in [6.07, 6.45) is 14.9. The van der Waals surface area contributed by atoms with Crippen LogP contribution in [-0.2, 0) is 0 Å². The van der Waals surface area contributed by atoms with Gasteiger partial charge in [0.1, 0.15) is 17.9 Å². The van der Waals surface area contributed by atoms with Gasteiger partial charge in [0.25, 0.3) is 0 Å². The predicted molar refractivity (Wildman–Crippen MR) is 128 cm³/mol. The minimum atomic E-state index is 0.515. The van der Waals surface area contributed by atoms with Gasteiger partial charge in [0.2, 0.25) is 0 Å². The van der Waals surface area contributed by atoms with E-state index in [1.807, 2.05) is 18.2 Å². The molecule has 2 aromatic carbocycles. The molecule has 0 bridgehead atoms. The van der Waals surface area contributed by atoms with E-state index in [0.717, 1.165) is 41.5 Å². The van der Waals surface area contributed by atoms with E-state index in [2.05, 4.69) is 40.3 Å². The van der Waals surface area contributed by atoms with Crippen LogP contribution in [-0.4, -0.2) is 16.6 Å². The Morgan fingerprint density at radius 3 is 2.45 bits per heavy atom. The molecule has 1 fully saturated rings. The minimum Gasteiger partial charge on any atom is -0.494 e. The van der Waals surface area contributed by atoms with Crippen LogP contribution >= 0.6 is 0 Å². The smallest absolute Gasteiger partial charge is 0.134 e. The Labute approximate surface area is 186 Å². The molecular formula is C27H35N3O. The molecule has 1 aromatic heterocycles. The number of nitrogens with two attached hydrogens (primary N) is 1. The molecule has 0 aliphatic heterocycles. The Morgan fingerprint density at radius 2 is 1.61 bits per heavy atom. The van der Waals surface area contributed by atoms with Crippen LogP contribution in [0.5, 0.6) is 5.75 Å². The van der Waals surface area contributed by atoms with Gasteiger partial charge in [-0.3, -0.25) is 0 Å². The van der Waals surface area contributed by atoms with Crippen LogP contribution in [0.15, 0.2) is 54.9 Å². The van der Waals surface area contributed by atoms with E-state index in [-0.39, 0.29) is 0 Å². The molecule has 4 rings (SSSR count). The van der Waals surface area contributed by atoms with Crippen LogP contribution in [0.2, 0.25) is 0 Å². The summed E-state index contributed by atoms with van der Waals surface area (Å²) in [6, 6.07) is 16.9. The van der Waals surface area contributed by atoms with E-state index >= 15 is 0 Å². The molecule has 164 valence electrons. The second-order valence-corrected chi connectivity index (χ2v) is 8.97. The monoisotopic (exact) mass is 417 g/mol.